The average molecular weight is 219 g/mol. The Kier molecular flexibility index (Phi) is 5.29. The van der Waals surface area contributed by atoms with Gasteiger partial charge in [0.2, 0.25) is 0 Å². The molecule has 0 aliphatic carbocycles. The molecular formula is C13H17NO2. The van der Waals surface area contributed by atoms with E-state index in [0.29, 0.717) is 13.0 Å². The Labute approximate surface area is 95.6 Å². The van der Waals surface area contributed by atoms with Crippen molar-refractivity contribution in [3.8, 4) is 0 Å². The standard InChI is InChI=1S/C13H17NO2/c14-10-4-3-7-11-5-1-2-6-12(11)8-9-13(15)16/h1-3,5-7H,4,8-10,14H2,(H,15,16). The monoisotopic (exact) mass is 219 g/mol. The number of aryl methyl sites for hydroxylation is 1. The van der Waals surface area contributed by atoms with Gasteiger partial charge in [0.1, 0.15) is 0 Å². The lowest BCUT2D eigenvalue weighted by atomic mass is 10.0. The lowest BCUT2D eigenvalue weighted by molar-refractivity contribution is -0.136. The minimum atomic E-state index is -0.763. The molecule has 0 aromatic heterocycles. The second-order valence-electron chi connectivity index (χ2n) is 3.57. The quantitative estimate of drug-likeness (QED) is 0.769. The van der Waals surface area contributed by atoms with Crippen molar-refractivity contribution < 1.29 is 9.90 Å². The van der Waals surface area contributed by atoms with Crippen LogP contribution in [0.4, 0.5) is 0 Å². The summed E-state index contributed by atoms with van der Waals surface area (Å²) in [6, 6.07) is 7.83. The predicted molar refractivity (Wildman–Crippen MR) is 65.1 cm³/mol. The van der Waals surface area contributed by atoms with Gasteiger partial charge < -0.3 is 10.8 Å². The summed E-state index contributed by atoms with van der Waals surface area (Å²) >= 11 is 0. The maximum atomic E-state index is 10.5. The number of hydrogen-bond donors (Lipinski definition) is 2. The molecule has 0 amide bonds. The van der Waals surface area contributed by atoms with Crippen LogP contribution in [0, 0.1) is 0 Å². The summed E-state index contributed by atoms with van der Waals surface area (Å²) in [6.07, 6.45) is 5.59. The average Bonchev–Trinajstić information content (AvgIpc) is 2.28. The van der Waals surface area contributed by atoms with E-state index in [1.54, 1.807) is 0 Å². The molecule has 86 valence electrons. The van der Waals surface area contributed by atoms with Crippen molar-refractivity contribution in [2.75, 3.05) is 6.54 Å². The van der Waals surface area contributed by atoms with Crippen LogP contribution in [0.1, 0.15) is 24.0 Å². The summed E-state index contributed by atoms with van der Waals surface area (Å²) in [7, 11) is 0. The van der Waals surface area contributed by atoms with Crippen molar-refractivity contribution in [2.24, 2.45) is 5.73 Å². The number of carboxylic acid groups (broad SMARTS) is 1. The molecule has 16 heavy (non-hydrogen) atoms. The van der Waals surface area contributed by atoms with Gasteiger partial charge in [0.05, 0.1) is 0 Å². The number of hydrogen-bond acceptors (Lipinski definition) is 2. The van der Waals surface area contributed by atoms with Crippen molar-refractivity contribution in [1.82, 2.24) is 0 Å². The summed E-state index contributed by atoms with van der Waals surface area (Å²) in [4.78, 5) is 10.5. The molecule has 1 aromatic carbocycles. The van der Waals surface area contributed by atoms with Crippen LogP contribution >= 0.6 is 0 Å². The maximum absolute atomic E-state index is 10.5. The van der Waals surface area contributed by atoms with Gasteiger partial charge in [0, 0.05) is 6.42 Å². The normalized spacial score (nSPS) is 10.8. The van der Waals surface area contributed by atoms with Gasteiger partial charge in [0.25, 0.3) is 0 Å². The van der Waals surface area contributed by atoms with Gasteiger partial charge in [-0.05, 0) is 30.5 Å². The first-order valence-electron chi connectivity index (χ1n) is 5.40. The molecule has 0 saturated heterocycles. The third-order valence-electron chi connectivity index (χ3n) is 2.29. The largest absolute Gasteiger partial charge is 0.481 e. The van der Waals surface area contributed by atoms with Crippen LogP contribution in [0.25, 0.3) is 6.08 Å². The number of carbonyl (C=O) groups is 1. The minimum absolute atomic E-state index is 0.168. The van der Waals surface area contributed by atoms with E-state index in [9.17, 15) is 4.79 Å². The molecule has 0 heterocycles. The molecule has 0 radical (unpaired) electrons. The Morgan fingerprint density at radius 1 is 1.38 bits per heavy atom. The van der Waals surface area contributed by atoms with E-state index in [2.05, 4.69) is 0 Å². The van der Waals surface area contributed by atoms with Crippen molar-refractivity contribution >= 4 is 12.0 Å². The maximum Gasteiger partial charge on any atom is 0.303 e. The zero-order chi connectivity index (χ0) is 11.8. The lowest BCUT2D eigenvalue weighted by Gasteiger charge is -2.03. The zero-order valence-electron chi connectivity index (χ0n) is 9.23. The minimum Gasteiger partial charge on any atom is -0.481 e. The first kappa shape index (κ1) is 12.5. The molecule has 3 nitrogen and oxygen atoms in total. The van der Waals surface area contributed by atoms with E-state index in [4.69, 9.17) is 10.8 Å². The highest BCUT2D eigenvalue weighted by molar-refractivity contribution is 5.67. The molecule has 0 aliphatic heterocycles. The number of nitrogens with two attached hydrogens (primary N) is 1. The Morgan fingerprint density at radius 2 is 2.12 bits per heavy atom. The lowest BCUT2D eigenvalue weighted by Crippen LogP contribution is -1.99. The third-order valence-corrected chi connectivity index (χ3v) is 2.29. The van der Waals surface area contributed by atoms with Crippen molar-refractivity contribution in [1.29, 1.82) is 0 Å². The van der Waals surface area contributed by atoms with Crippen LogP contribution in [0.2, 0.25) is 0 Å². The molecular weight excluding hydrogens is 202 g/mol. The third kappa shape index (κ3) is 4.28. The van der Waals surface area contributed by atoms with Crippen LogP contribution in [0.15, 0.2) is 30.3 Å². The highest BCUT2D eigenvalue weighted by Gasteiger charge is 2.01. The van der Waals surface area contributed by atoms with Gasteiger partial charge in [-0.25, -0.2) is 0 Å². The Morgan fingerprint density at radius 3 is 2.81 bits per heavy atom. The highest BCUT2D eigenvalue weighted by atomic mass is 16.4. The van der Waals surface area contributed by atoms with Crippen molar-refractivity contribution in [3.63, 3.8) is 0 Å². The smallest absolute Gasteiger partial charge is 0.303 e. The molecule has 0 spiro atoms. The molecule has 0 bridgehead atoms. The molecule has 0 fully saturated rings. The first-order valence-corrected chi connectivity index (χ1v) is 5.40. The second kappa shape index (κ2) is 6.80. The fourth-order valence-corrected chi connectivity index (χ4v) is 1.47. The predicted octanol–water partition coefficient (Wildman–Crippen LogP) is 2.07. The van der Waals surface area contributed by atoms with Crippen LogP contribution in [0.5, 0.6) is 0 Å². The van der Waals surface area contributed by atoms with E-state index in [0.717, 1.165) is 17.5 Å². The van der Waals surface area contributed by atoms with Crippen LogP contribution in [0.3, 0.4) is 0 Å². The Hall–Kier alpha value is -1.61. The molecule has 0 saturated carbocycles. The van der Waals surface area contributed by atoms with Crippen LogP contribution < -0.4 is 5.73 Å². The summed E-state index contributed by atoms with van der Waals surface area (Å²) < 4.78 is 0. The fraction of sp³-hybridized carbons (Fsp3) is 0.308. The van der Waals surface area contributed by atoms with Crippen LogP contribution in [-0.2, 0) is 11.2 Å². The van der Waals surface area contributed by atoms with Gasteiger partial charge in [-0.1, -0.05) is 36.4 Å². The molecule has 1 rings (SSSR count). The molecule has 0 aliphatic rings. The summed E-state index contributed by atoms with van der Waals surface area (Å²) in [6.45, 7) is 0.633. The van der Waals surface area contributed by atoms with E-state index >= 15 is 0 Å². The summed E-state index contributed by atoms with van der Waals surface area (Å²) in [5.41, 5.74) is 7.55. The Bertz CT molecular complexity index is 372. The number of aliphatic carboxylic acids is 1. The number of benzene rings is 1. The van der Waals surface area contributed by atoms with E-state index in [-0.39, 0.29) is 6.42 Å². The van der Waals surface area contributed by atoms with Gasteiger partial charge >= 0.3 is 5.97 Å². The van der Waals surface area contributed by atoms with E-state index in [1.165, 1.54) is 0 Å². The molecule has 3 N–H and O–H groups in total. The number of rotatable bonds is 6. The molecule has 1 aromatic rings. The zero-order valence-corrected chi connectivity index (χ0v) is 9.23. The number of carboxylic acids is 1. The van der Waals surface area contributed by atoms with E-state index in [1.807, 2.05) is 36.4 Å². The van der Waals surface area contributed by atoms with E-state index < -0.39 is 5.97 Å². The molecule has 0 atom stereocenters. The van der Waals surface area contributed by atoms with Crippen LogP contribution in [-0.4, -0.2) is 17.6 Å². The molecule has 0 unspecified atom stereocenters. The SMILES string of the molecule is NCCC=Cc1ccccc1CCC(=O)O. The van der Waals surface area contributed by atoms with Gasteiger partial charge in [-0.2, -0.15) is 0 Å². The highest BCUT2D eigenvalue weighted by Crippen LogP contribution is 2.13. The van der Waals surface area contributed by atoms with Gasteiger partial charge in [-0.15, -0.1) is 0 Å². The first-order chi connectivity index (χ1) is 7.74. The van der Waals surface area contributed by atoms with Gasteiger partial charge in [-0.3, -0.25) is 4.79 Å². The van der Waals surface area contributed by atoms with Gasteiger partial charge in [0.15, 0.2) is 0 Å². The molecule has 3 heteroatoms. The Balaban J connectivity index is 2.71. The summed E-state index contributed by atoms with van der Waals surface area (Å²) in [5, 5.41) is 8.65. The summed E-state index contributed by atoms with van der Waals surface area (Å²) in [5.74, 6) is -0.763. The van der Waals surface area contributed by atoms with Crippen molar-refractivity contribution in [2.45, 2.75) is 19.3 Å². The fourth-order valence-electron chi connectivity index (χ4n) is 1.47. The van der Waals surface area contributed by atoms with Crippen molar-refractivity contribution in [3.05, 3.63) is 41.5 Å². The second-order valence-corrected chi connectivity index (χ2v) is 3.57. The topological polar surface area (TPSA) is 63.3 Å².